The SMILES string of the molecule is CCOC(C(=O)Cc1ccc(CC)cc1)C1CCCCC1. The zero-order valence-corrected chi connectivity index (χ0v) is 13.4. The Morgan fingerprint density at radius 3 is 2.29 bits per heavy atom. The Labute approximate surface area is 128 Å². The Balaban J connectivity index is 1.99. The first-order valence-corrected chi connectivity index (χ1v) is 8.46. The zero-order valence-electron chi connectivity index (χ0n) is 13.4. The van der Waals surface area contributed by atoms with E-state index >= 15 is 0 Å². The summed E-state index contributed by atoms with van der Waals surface area (Å²) in [5, 5.41) is 0. The minimum Gasteiger partial charge on any atom is -0.370 e. The van der Waals surface area contributed by atoms with Gasteiger partial charge in [-0.3, -0.25) is 4.79 Å². The quantitative estimate of drug-likeness (QED) is 0.745. The van der Waals surface area contributed by atoms with Crippen LogP contribution >= 0.6 is 0 Å². The summed E-state index contributed by atoms with van der Waals surface area (Å²) in [4.78, 5) is 12.6. The fraction of sp³-hybridized carbons (Fsp3) is 0.632. The molecule has 1 atom stereocenters. The van der Waals surface area contributed by atoms with E-state index in [1.165, 1.54) is 24.8 Å². The van der Waals surface area contributed by atoms with Gasteiger partial charge in [-0.05, 0) is 43.2 Å². The van der Waals surface area contributed by atoms with Crippen molar-refractivity contribution in [3.63, 3.8) is 0 Å². The monoisotopic (exact) mass is 288 g/mol. The van der Waals surface area contributed by atoms with Gasteiger partial charge in [0.1, 0.15) is 6.10 Å². The summed E-state index contributed by atoms with van der Waals surface area (Å²) >= 11 is 0. The van der Waals surface area contributed by atoms with Crippen LogP contribution in [-0.4, -0.2) is 18.5 Å². The van der Waals surface area contributed by atoms with Crippen LogP contribution in [0.4, 0.5) is 0 Å². The lowest BCUT2D eigenvalue weighted by atomic mass is 9.82. The van der Waals surface area contributed by atoms with Crippen molar-refractivity contribution in [3.8, 4) is 0 Å². The number of rotatable bonds is 7. The molecule has 0 aliphatic heterocycles. The number of carbonyl (C=O) groups is 1. The fourth-order valence-corrected chi connectivity index (χ4v) is 3.30. The van der Waals surface area contributed by atoms with Crippen LogP contribution in [-0.2, 0) is 22.4 Å². The Kier molecular flexibility index (Phi) is 6.44. The van der Waals surface area contributed by atoms with Gasteiger partial charge < -0.3 is 4.74 Å². The first kappa shape index (κ1) is 16.2. The van der Waals surface area contributed by atoms with E-state index in [2.05, 4.69) is 31.2 Å². The first-order chi connectivity index (χ1) is 10.2. The van der Waals surface area contributed by atoms with Gasteiger partial charge in [0.05, 0.1) is 0 Å². The van der Waals surface area contributed by atoms with Gasteiger partial charge in [-0.1, -0.05) is 50.5 Å². The Morgan fingerprint density at radius 2 is 1.71 bits per heavy atom. The molecule has 1 saturated carbocycles. The van der Waals surface area contributed by atoms with Crippen LogP contribution in [0.25, 0.3) is 0 Å². The second-order valence-corrected chi connectivity index (χ2v) is 6.09. The highest BCUT2D eigenvalue weighted by Gasteiger charge is 2.29. The van der Waals surface area contributed by atoms with Crippen LogP contribution in [0.1, 0.15) is 57.1 Å². The molecule has 0 saturated heterocycles. The van der Waals surface area contributed by atoms with E-state index in [1.54, 1.807) is 0 Å². The standard InChI is InChI=1S/C19H28O2/c1-3-15-10-12-16(13-11-15)14-18(20)19(21-4-2)17-8-6-5-7-9-17/h10-13,17,19H,3-9,14H2,1-2H3. The molecule has 1 aromatic rings. The molecule has 1 aliphatic rings. The molecular formula is C19H28O2. The highest BCUT2D eigenvalue weighted by molar-refractivity contribution is 5.85. The molecule has 116 valence electrons. The molecule has 0 amide bonds. The third-order valence-electron chi connectivity index (χ3n) is 4.55. The minimum absolute atomic E-state index is 0.193. The minimum atomic E-state index is -0.193. The number of Topliss-reactive ketones (excluding diaryl/α,β-unsaturated/α-hetero) is 1. The maximum absolute atomic E-state index is 12.6. The molecule has 2 heteroatoms. The molecule has 0 spiro atoms. The molecule has 0 heterocycles. The van der Waals surface area contributed by atoms with Gasteiger partial charge in [0.25, 0.3) is 0 Å². The normalized spacial score (nSPS) is 17.6. The van der Waals surface area contributed by atoms with Crippen molar-refractivity contribution in [2.75, 3.05) is 6.61 Å². The van der Waals surface area contributed by atoms with Crippen LogP contribution in [0.15, 0.2) is 24.3 Å². The molecule has 0 bridgehead atoms. The lowest BCUT2D eigenvalue weighted by Gasteiger charge is -2.29. The predicted octanol–water partition coefficient (Wildman–Crippen LogP) is 4.35. The number of hydrogen-bond donors (Lipinski definition) is 0. The van der Waals surface area contributed by atoms with Crippen LogP contribution in [0.2, 0.25) is 0 Å². The zero-order chi connectivity index (χ0) is 15.1. The van der Waals surface area contributed by atoms with Crippen molar-refractivity contribution in [2.45, 2.75) is 64.9 Å². The summed E-state index contributed by atoms with van der Waals surface area (Å²) in [6.45, 7) is 4.76. The summed E-state index contributed by atoms with van der Waals surface area (Å²) in [5.41, 5.74) is 2.43. The molecule has 0 radical (unpaired) electrons. The molecule has 1 unspecified atom stereocenters. The Morgan fingerprint density at radius 1 is 1.10 bits per heavy atom. The molecular weight excluding hydrogens is 260 g/mol. The third kappa shape index (κ3) is 4.67. The topological polar surface area (TPSA) is 26.3 Å². The van der Waals surface area contributed by atoms with Crippen LogP contribution in [0.3, 0.4) is 0 Å². The average molecular weight is 288 g/mol. The van der Waals surface area contributed by atoms with E-state index in [1.807, 2.05) is 6.92 Å². The molecule has 0 aromatic heterocycles. The van der Waals surface area contributed by atoms with Crippen molar-refractivity contribution < 1.29 is 9.53 Å². The molecule has 1 aliphatic carbocycles. The highest BCUT2D eigenvalue weighted by Crippen LogP contribution is 2.29. The van der Waals surface area contributed by atoms with Gasteiger partial charge in [0.15, 0.2) is 5.78 Å². The van der Waals surface area contributed by atoms with Crippen LogP contribution < -0.4 is 0 Å². The van der Waals surface area contributed by atoms with Crippen molar-refractivity contribution in [2.24, 2.45) is 5.92 Å². The van der Waals surface area contributed by atoms with E-state index in [-0.39, 0.29) is 11.9 Å². The summed E-state index contributed by atoms with van der Waals surface area (Å²) in [6.07, 6.45) is 7.43. The van der Waals surface area contributed by atoms with E-state index in [0.717, 1.165) is 24.8 Å². The summed E-state index contributed by atoms with van der Waals surface area (Å²) in [5.74, 6) is 0.689. The van der Waals surface area contributed by atoms with Gasteiger partial charge in [0, 0.05) is 13.0 Å². The lowest BCUT2D eigenvalue weighted by Crippen LogP contribution is -2.35. The number of benzene rings is 1. The Bertz CT molecular complexity index is 429. The number of ether oxygens (including phenoxy) is 1. The predicted molar refractivity (Wildman–Crippen MR) is 86.5 cm³/mol. The number of hydrogen-bond acceptors (Lipinski definition) is 2. The second-order valence-electron chi connectivity index (χ2n) is 6.09. The number of ketones is 1. The van der Waals surface area contributed by atoms with E-state index < -0.39 is 0 Å². The van der Waals surface area contributed by atoms with Crippen LogP contribution in [0.5, 0.6) is 0 Å². The molecule has 2 nitrogen and oxygen atoms in total. The summed E-state index contributed by atoms with van der Waals surface area (Å²) in [6, 6.07) is 8.42. The number of aryl methyl sites for hydroxylation is 1. The van der Waals surface area contributed by atoms with Crippen LogP contribution in [0, 0.1) is 5.92 Å². The maximum Gasteiger partial charge on any atom is 0.166 e. The molecule has 2 rings (SSSR count). The first-order valence-electron chi connectivity index (χ1n) is 8.46. The maximum atomic E-state index is 12.6. The van der Waals surface area contributed by atoms with Crippen molar-refractivity contribution in [3.05, 3.63) is 35.4 Å². The van der Waals surface area contributed by atoms with Gasteiger partial charge in [0.2, 0.25) is 0 Å². The van der Waals surface area contributed by atoms with E-state index in [9.17, 15) is 4.79 Å². The van der Waals surface area contributed by atoms with Gasteiger partial charge in [-0.15, -0.1) is 0 Å². The third-order valence-corrected chi connectivity index (χ3v) is 4.55. The van der Waals surface area contributed by atoms with E-state index in [4.69, 9.17) is 4.74 Å². The molecule has 1 fully saturated rings. The molecule has 21 heavy (non-hydrogen) atoms. The largest absolute Gasteiger partial charge is 0.370 e. The summed E-state index contributed by atoms with van der Waals surface area (Å²) in [7, 11) is 0. The van der Waals surface area contributed by atoms with Crippen molar-refractivity contribution in [1.82, 2.24) is 0 Å². The van der Waals surface area contributed by atoms with Crippen molar-refractivity contribution >= 4 is 5.78 Å². The summed E-state index contributed by atoms with van der Waals surface area (Å²) < 4.78 is 5.81. The van der Waals surface area contributed by atoms with E-state index in [0.29, 0.717) is 18.9 Å². The second kappa shape index (κ2) is 8.33. The fourth-order valence-electron chi connectivity index (χ4n) is 3.30. The van der Waals surface area contributed by atoms with Gasteiger partial charge in [-0.2, -0.15) is 0 Å². The smallest absolute Gasteiger partial charge is 0.166 e. The average Bonchev–Trinajstić information content (AvgIpc) is 2.54. The van der Waals surface area contributed by atoms with Gasteiger partial charge in [-0.25, -0.2) is 0 Å². The highest BCUT2D eigenvalue weighted by atomic mass is 16.5. The van der Waals surface area contributed by atoms with Crippen molar-refractivity contribution in [1.29, 1.82) is 0 Å². The molecule has 1 aromatic carbocycles. The number of carbonyl (C=O) groups excluding carboxylic acids is 1. The molecule has 0 N–H and O–H groups in total. The lowest BCUT2D eigenvalue weighted by molar-refractivity contribution is -0.134. The van der Waals surface area contributed by atoms with Gasteiger partial charge >= 0.3 is 0 Å². The Hall–Kier alpha value is -1.15.